The van der Waals surface area contributed by atoms with Crippen molar-refractivity contribution in [3.63, 3.8) is 0 Å². The molecule has 27 heavy (non-hydrogen) atoms. The van der Waals surface area contributed by atoms with Crippen LogP contribution in [0.4, 0.5) is 0 Å². The first-order valence-electron chi connectivity index (χ1n) is 9.95. The Balaban J connectivity index is 1.19. The van der Waals surface area contributed by atoms with Gasteiger partial charge in [0.1, 0.15) is 0 Å². The number of nitrogens with zero attached hydrogens (tertiary/aromatic N) is 2. The average Bonchev–Trinajstić information content (AvgIpc) is 3.53. The van der Waals surface area contributed by atoms with Crippen LogP contribution in [0.1, 0.15) is 38.5 Å². The minimum Gasteiger partial charge on any atom is -0.478 e. The molecule has 0 bridgehead atoms. The number of hydrogen-bond acceptors (Lipinski definition) is 9. The highest BCUT2D eigenvalue weighted by molar-refractivity contribution is 5.88. The van der Waals surface area contributed by atoms with Gasteiger partial charge in [-0.15, -0.1) is 0 Å². The second kappa shape index (κ2) is 9.59. The third kappa shape index (κ3) is 7.53. The standard InChI is InChI=1S/C18H29N3O6/c1(4-14-11-24-14)7-22-17-10-18(23-8-2-5-15-12-25-15)20-21(19-17)27-9-3-6-16-13-26-16/h10,14-16,19H,1-9,11-13H2. The van der Waals surface area contributed by atoms with Gasteiger partial charge in [0.15, 0.2) is 0 Å². The van der Waals surface area contributed by atoms with Gasteiger partial charge in [0.2, 0.25) is 11.8 Å². The van der Waals surface area contributed by atoms with Crippen molar-refractivity contribution in [3.05, 3.63) is 12.0 Å². The van der Waals surface area contributed by atoms with Gasteiger partial charge < -0.3 is 23.7 Å². The van der Waals surface area contributed by atoms with Gasteiger partial charge in [-0.05, 0) is 38.5 Å². The molecule has 3 unspecified atom stereocenters. The van der Waals surface area contributed by atoms with E-state index in [1.165, 1.54) is 5.28 Å². The summed E-state index contributed by atoms with van der Waals surface area (Å²) in [4.78, 5) is 5.67. The average molecular weight is 383 g/mol. The third-order valence-electron chi connectivity index (χ3n) is 4.59. The minimum absolute atomic E-state index is 0.412. The smallest absolute Gasteiger partial charge is 0.240 e. The lowest BCUT2D eigenvalue weighted by molar-refractivity contribution is -0.201. The topological polar surface area (TPSA) is 92.9 Å². The van der Waals surface area contributed by atoms with Crippen molar-refractivity contribution in [1.29, 1.82) is 0 Å². The maximum Gasteiger partial charge on any atom is 0.240 e. The lowest BCUT2D eigenvalue weighted by atomic mass is 10.2. The van der Waals surface area contributed by atoms with E-state index in [0.717, 1.165) is 58.3 Å². The van der Waals surface area contributed by atoms with E-state index in [2.05, 4.69) is 10.5 Å². The monoisotopic (exact) mass is 383 g/mol. The Morgan fingerprint density at radius 2 is 1.44 bits per heavy atom. The number of nitrogens with one attached hydrogen (secondary N) is 1. The fraction of sp³-hybridized carbons (Fsp3) is 0.833. The van der Waals surface area contributed by atoms with Crippen molar-refractivity contribution in [2.75, 3.05) is 39.6 Å². The first kappa shape index (κ1) is 18.8. The Labute approximate surface area is 159 Å². The molecule has 4 heterocycles. The summed E-state index contributed by atoms with van der Waals surface area (Å²) in [7, 11) is 0. The number of hydrogen-bond donors (Lipinski definition) is 1. The second-order valence-corrected chi connectivity index (χ2v) is 7.15. The van der Waals surface area contributed by atoms with E-state index in [-0.39, 0.29) is 0 Å². The number of hydrazine groups is 1. The number of ether oxygens (including phenoxy) is 5. The molecule has 0 spiro atoms. The van der Waals surface area contributed by atoms with Crippen LogP contribution in [-0.4, -0.2) is 69.1 Å². The number of rotatable bonds is 14. The maximum atomic E-state index is 5.80. The van der Waals surface area contributed by atoms with Crippen molar-refractivity contribution in [2.24, 2.45) is 5.10 Å². The van der Waals surface area contributed by atoms with Crippen LogP contribution < -0.4 is 5.43 Å². The van der Waals surface area contributed by atoms with Gasteiger partial charge in [0.25, 0.3) is 0 Å². The molecule has 9 heteroatoms. The molecule has 0 amide bonds. The molecule has 3 fully saturated rings. The van der Waals surface area contributed by atoms with Crippen molar-refractivity contribution < 1.29 is 28.5 Å². The summed E-state index contributed by atoms with van der Waals surface area (Å²) in [5.74, 6) is 1.06. The second-order valence-electron chi connectivity index (χ2n) is 7.15. The first-order valence-corrected chi connectivity index (χ1v) is 9.95. The van der Waals surface area contributed by atoms with E-state index < -0.39 is 0 Å². The summed E-state index contributed by atoms with van der Waals surface area (Å²) >= 11 is 0. The summed E-state index contributed by atoms with van der Waals surface area (Å²) in [6.07, 6.45) is 8.86. The highest BCUT2D eigenvalue weighted by Crippen LogP contribution is 2.18. The van der Waals surface area contributed by atoms with Crippen LogP contribution in [0.5, 0.6) is 0 Å². The van der Waals surface area contributed by atoms with Crippen molar-refractivity contribution in [3.8, 4) is 0 Å². The van der Waals surface area contributed by atoms with Gasteiger partial charge >= 0.3 is 0 Å². The lowest BCUT2D eigenvalue weighted by Gasteiger charge is -2.25. The Morgan fingerprint density at radius 1 is 0.889 bits per heavy atom. The highest BCUT2D eigenvalue weighted by Gasteiger charge is 2.24. The predicted molar refractivity (Wildman–Crippen MR) is 95.3 cm³/mol. The Morgan fingerprint density at radius 3 is 2.04 bits per heavy atom. The SMILES string of the molecule is C1=C(OCCCC2CO2)NN(OCCCC2CO2)N=C1OCCCC1CO1. The van der Waals surface area contributed by atoms with Crippen LogP contribution in [-0.2, 0) is 28.5 Å². The zero-order valence-corrected chi connectivity index (χ0v) is 15.6. The molecule has 9 nitrogen and oxygen atoms in total. The van der Waals surface area contributed by atoms with E-state index in [9.17, 15) is 0 Å². The van der Waals surface area contributed by atoms with E-state index in [1.54, 1.807) is 6.08 Å². The molecule has 1 N–H and O–H groups in total. The van der Waals surface area contributed by atoms with Crippen LogP contribution in [0.15, 0.2) is 17.1 Å². The molecule has 4 rings (SSSR count). The van der Waals surface area contributed by atoms with Crippen LogP contribution >= 0.6 is 0 Å². The molecule has 0 aliphatic carbocycles. The van der Waals surface area contributed by atoms with Crippen LogP contribution in [0.25, 0.3) is 0 Å². The van der Waals surface area contributed by atoms with E-state index >= 15 is 0 Å². The minimum atomic E-state index is 0.412. The van der Waals surface area contributed by atoms with Gasteiger partial charge in [-0.3, -0.25) is 0 Å². The molecule has 152 valence electrons. The lowest BCUT2D eigenvalue weighted by Crippen LogP contribution is -2.39. The molecule has 4 aliphatic rings. The third-order valence-corrected chi connectivity index (χ3v) is 4.59. The van der Waals surface area contributed by atoms with Gasteiger partial charge in [-0.1, -0.05) is 10.4 Å². The molecule has 0 aromatic rings. The summed E-state index contributed by atoms with van der Waals surface area (Å²) < 4.78 is 27.2. The van der Waals surface area contributed by atoms with Gasteiger partial charge in [0, 0.05) is 0 Å². The molecule has 3 atom stereocenters. The molecule has 3 saturated heterocycles. The van der Waals surface area contributed by atoms with E-state index in [4.69, 9.17) is 28.5 Å². The Bertz CT molecular complexity index is 531. The Hall–Kier alpha value is -1.55. The predicted octanol–water partition coefficient (Wildman–Crippen LogP) is 1.46. The molecule has 0 radical (unpaired) electrons. The van der Waals surface area contributed by atoms with E-state index in [1.807, 2.05) is 0 Å². The van der Waals surface area contributed by atoms with Crippen molar-refractivity contribution in [2.45, 2.75) is 56.8 Å². The van der Waals surface area contributed by atoms with Crippen LogP contribution in [0, 0.1) is 0 Å². The normalized spacial score (nSPS) is 28.1. The molecule has 4 aliphatic heterocycles. The zero-order chi connectivity index (χ0) is 18.3. The summed E-state index contributed by atoms with van der Waals surface area (Å²) in [6.45, 7) is 4.38. The van der Waals surface area contributed by atoms with Gasteiger partial charge in [-0.2, -0.15) is 0 Å². The van der Waals surface area contributed by atoms with Crippen LogP contribution in [0.3, 0.4) is 0 Å². The molecular formula is C18H29N3O6. The summed E-state index contributed by atoms with van der Waals surface area (Å²) in [5, 5.41) is 5.64. The van der Waals surface area contributed by atoms with Gasteiger partial charge in [-0.25, -0.2) is 10.3 Å². The Kier molecular flexibility index (Phi) is 6.67. The molecule has 0 aromatic heterocycles. The molecular weight excluding hydrogens is 354 g/mol. The summed E-state index contributed by atoms with van der Waals surface area (Å²) in [5.41, 5.74) is 3.01. The maximum absolute atomic E-state index is 5.80. The largest absolute Gasteiger partial charge is 0.478 e. The first-order chi connectivity index (χ1) is 13.3. The quantitative estimate of drug-likeness (QED) is 0.356. The molecule has 0 saturated carbocycles. The fourth-order valence-electron chi connectivity index (χ4n) is 2.73. The zero-order valence-electron chi connectivity index (χ0n) is 15.6. The van der Waals surface area contributed by atoms with Gasteiger partial charge in [0.05, 0.1) is 64.0 Å². The number of epoxide rings is 3. The van der Waals surface area contributed by atoms with Crippen molar-refractivity contribution >= 4 is 5.90 Å². The van der Waals surface area contributed by atoms with Crippen molar-refractivity contribution in [1.82, 2.24) is 10.7 Å². The van der Waals surface area contributed by atoms with E-state index in [0.29, 0.717) is 49.9 Å². The fourth-order valence-corrected chi connectivity index (χ4v) is 2.73. The highest BCUT2D eigenvalue weighted by atomic mass is 16.7. The number of hydrazone groups is 1. The summed E-state index contributed by atoms with van der Waals surface area (Å²) in [6, 6.07) is 0. The molecule has 0 aromatic carbocycles. The van der Waals surface area contributed by atoms with Crippen LogP contribution in [0.2, 0.25) is 0 Å².